The monoisotopic (exact) mass is 659 g/mol. The van der Waals surface area contributed by atoms with Gasteiger partial charge in [0.2, 0.25) is 0 Å². The molecule has 254 valence electrons. The van der Waals surface area contributed by atoms with Crippen LogP contribution in [0.1, 0.15) is 48.1 Å². The predicted molar refractivity (Wildman–Crippen MR) is 191 cm³/mol. The Hall–Kier alpha value is -4.88. The molecular weight excluding hydrogens is 614 g/mol. The quantitative estimate of drug-likeness (QED) is 0.222. The zero-order valence-electron chi connectivity index (χ0n) is 28.6. The molecule has 0 N–H and O–H groups in total. The maximum Gasteiger partial charge on any atom is 0.410 e. The van der Waals surface area contributed by atoms with Crippen molar-refractivity contribution in [2.24, 2.45) is 0 Å². The number of nitriles is 1. The SMILES string of the molecule is Cc1cccc2c(N3CCCc4c(nc(OC[C@@H]5CCCN5C)nc4N4CCN(C(=O)OCc5ccccc5)[C@@H](CC#N)C4)C3)cccc12. The van der Waals surface area contributed by atoms with Crippen molar-refractivity contribution in [3.8, 4) is 12.1 Å². The van der Waals surface area contributed by atoms with Crippen molar-refractivity contribution in [2.45, 2.75) is 64.3 Å². The smallest absolute Gasteiger partial charge is 0.410 e. The normalized spacial score (nSPS) is 19.7. The van der Waals surface area contributed by atoms with Crippen molar-refractivity contribution >= 4 is 28.4 Å². The second-order valence-electron chi connectivity index (χ2n) is 13.5. The van der Waals surface area contributed by atoms with Crippen LogP contribution < -0.4 is 14.5 Å². The molecule has 0 spiro atoms. The van der Waals surface area contributed by atoms with Crippen LogP contribution in [0.5, 0.6) is 6.01 Å². The predicted octanol–water partition coefficient (Wildman–Crippen LogP) is 6.11. The average Bonchev–Trinajstić information content (AvgIpc) is 3.41. The summed E-state index contributed by atoms with van der Waals surface area (Å²) in [5, 5.41) is 12.3. The summed E-state index contributed by atoms with van der Waals surface area (Å²) in [4.78, 5) is 32.2. The number of benzene rings is 3. The summed E-state index contributed by atoms with van der Waals surface area (Å²) in [7, 11) is 2.15. The van der Waals surface area contributed by atoms with Crippen molar-refractivity contribution < 1.29 is 14.3 Å². The van der Waals surface area contributed by atoms with Gasteiger partial charge in [-0.3, -0.25) is 0 Å². The number of ether oxygens (including phenoxy) is 2. The van der Waals surface area contributed by atoms with Crippen LogP contribution in [-0.2, 0) is 24.3 Å². The Bertz CT molecular complexity index is 1830. The molecule has 3 aromatic carbocycles. The first kappa shape index (κ1) is 32.7. The first-order valence-electron chi connectivity index (χ1n) is 17.5. The number of aryl methyl sites for hydroxylation is 1. The van der Waals surface area contributed by atoms with Gasteiger partial charge in [0.1, 0.15) is 19.0 Å². The van der Waals surface area contributed by atoms with Crippen molar-refractivity contribution in [1.82, 2.24) is 19.8 Å². The Kier molecular flexibility index (Phi) is 9.80. The Morgan fingerprint density at radius 1 is 0.918 bits per heavy atom. The zero-order valence-corrected chi connectivity index (χ0v) is 28.6. The summed E-state index contributed by atoms with van der Waals surface area (Å²) in [6.45, 7) is 7.00. The number of anilines is 2. The van der Waals surface area contributed by atoms with Crippen LogP contribution >= 0.6 is 0 Å². The van der Waals surface area contributed by atoms with Crippen molar-refractivity contribution in [3.05, 3.63) is 89.1 Å². The summed E-state index contributed by atoms with van der Waals surface area (Å²) < 4.78 is 12.1. The molecule has 10 nitrogen and oxygen atoms in total. The molecule has 1 aromatic heterocycles. The van der Waals surface area contributed by atoms with Gasteiger partial charge in [0.05, 0.1) is 30.8 Å². The van der Waals surface area contributed by atoms with E-state index in [0.29, 0.717) is 44.8 Å². The Balaban J connectivity index is 1.17. The number of piperazine rings is 1. The molecule has 0 aliphatic carbocycles. The number of nitrogens with zero attached hydrogens (tertiary/aromatic N) is 7. The summed E-state index contributed by atoms with van der Waals surface area (Å²) in [5.74, 6) is 0.857. The fraction of sp³-hybridized carbons (Fsp3) is 0.436. The van der Waals surface area contributed by atoms with E-state index in [-0.39, 0.29) is 19.1 Å². The molecule has 0 bridgehead atoms. The highest BCUT2D eigenvalue weighted by atomic mass is 16.6. The number of carbonyl (C=O) groups excluding carboxylic acids is 1. The number of aromatic nitrogens is 2. The number of rotatable bonds is 8. The van der Waals surface area contributed by atoms with Crippen LogP contribution in [0.4, 0.5) is 16.3 Å². The largest absolute Gasteiger partial charge is 0.462 e. The number of hydrogen-bond donors (Lipinski definition) is 0. The first-order chi connectivity index (χ1) is 24.0. The highest BCUT2D eigenvalue weighted by molar-refractivity contribution is 5.96. The van der Waals surface area contributed by atoms with Gasteiger partial charge in [-0.15, -0.1) is 0 Å². The number of amides is 1. The third-order valence-corrected chi connectivity index (χ3v) is 10.3. The van der Waals surface area contributed by atoms with E-state index in [1.54, 1.807) is 4.90 Å². The minimum absolute atomic E-state index is 0.197. The summed E-state index contributed by atoms with van der Waals surface area (Å²) in [6.07, 6.45) is 3.86. The number of likely N-dealkylation sites (tertiary alicyclic amines) is 1. The standard InChI is InChI=1S/C39H45N7O3/c1-28-10-6-15-33-32(28)14-7-17-36(33)44-21-9-16-34-35(25-44)41-38(48-27-31-13-8-20-43(31)2)42-37(34)45-22-23-46(30(24-45)18-19-40)39(47)49-26-29-11-4-3-5-12-29/h3-7,10-12,14-15,17,30-31H,8-9,13,16,18,20-27H2,1-2H3/t30-,31-/m0/s1. The molecule has 1 amide bonds. The van der Waals surface area contributed by atoms with Crippen LogP contribution in [0.15, 0.2) is 66.7 Å². The summed E-state index contributed by atoms with van der Waals surface area (Å²) in [6, 6.07) is 25.4. The lowest BCUT2D eigenvalue weighted by Crippen LogP contribution is -2.55. The fourth-order valence-corrected chi connectivity index (χ4v) is 7.58. The molecule has 2 saturated heterocycles. The van der Waals surface area contributed by atoms with Crippen molar-refractivity contribution in [2.75, 3.05) is 56.2 Å². The van der Waals surface area contributed by atoms with Gasteiger partial charge >= 0.3 is 12.1 Å². The molecule has 4 aromatic rings. The van der Waals surface area contributed by atoms with Crippen LogP contribution in [0.2, 0.25) is 0 Å². The average molecular weight is 660 g/mol. The maximum absolute atomic E-state index is 13.3. The minimum Gasteiger partial charge on any atom is -0.462 e. The molecule has 10 heteroatoms. The van der Waals surface area contributed by atoms with Gasteiger partial charge in [-0.2, -0.15) is 15.2 Å². The highest BCUT2D eigenvalue weighted by Crippen LogP contribution is 2.35. The van der Waals surface area contributed by atoms with Gasteiger partial charge < -0.3 is 29.1 Å². The van der Waals surface area contributed by atoms with Crippen LogP contribution in [0.3, 0.4) is 0 Å². The lowest BCUT2D eigenvalue weighted by molar-refractivity contribution is 0.0767. The van der Waals surface area contributed by atoms with E-state index in [9.17, 15) is 10.1 Å². The molecule has 0 unspecified atom stereocenters. The molecule has 7 rings (SSSR count). The van der Waals surface area contributed by atoms with Crippen molar-refractivity contribution in [3.63, 3.8) is 0 Å². The van der Waals surface area contributed by atoms with E-state index < -0.39 is 6.09 Å². The van der Waals surface area contributed by atoms with Gasteiger partial charge in [-0.1, -0.05) is 60.7 Å². The molecule has 49 heavy (non-hydrogen) atoms. The number of fused-ring (bicyclic) bond motifs is 2. The van der Waals surface area contributed by atoms with Crippen LogP contribution in [-0.4, -0.2) is 84.3 Å². The molecule has 4 heterocycles. The summed E-state index contributed by atoms with van der Waals surface area (Å²) in [5.41, 5.74) is 5.50. The van der Waals surface area contributed by atoms with Gasteiger partial charge in [0.25, 0.3) is 0 Å². The Morgan fingerprint density at radius 3 is 2.57 bits per heavy atom. The topological polar surface area (TPSA) is 98.1 Å². The molecule has 0 saturated carbocycles. The zero-order chi connectivity index (χ0) is 33.7. The molecule has 3 aliphatic heterocycles. The van der Waals surface area contributed by atoms with E-state index in [1.807, 2.05) is 30.3 Å². The molecule has 2 fully saturated rings. The Morgan fingerprint density at radius 2 is 1.76 bits per heavy atom. The molecule has 0 radical (unpaired) electrons. The van der Waals surface area contributed by atoms with Gasteiger partial charge in [0, 0.05) is 48.9 Å². The molecular formula is C39H45N7O3. The molecule has 3 aliphatic rings. The number of hydrogen-bond acceptors (Lipinski definition) is 9. The minimum atomic E-state index is -0.393. The Labute approximate surface area is 288 Å². The fourth-order valence-electron chi connectivity index (χ4n) is 7.58. The lowest BCUT2D eigenvalue weighted by atomic mass is 10.0. The second kappa shape index (κ2) is 14.7. The van der Waals surface area contributed by atoms with Crippen LogP contribution in [0.25, 0.3) is 10.8 Å². The van der Waals surface area contributed by atoms with Crippen molar-refractivity contribution in [1.29, 1.82) is 5.26 Å². The molecule has 2 atom stereocenters. The van der Waals surface area contributed by atoms with E-state index in [2.05, 4.69) is 71.1 Å². The summed E-state index contributed by atoms with van der Waals surface area (Å²) >= 11 is 0. The van der Waals surface area contributed by atoms with Gasteiger partial charge in [-0.25, -0.2) is 4.79 Å². The third-order valence-electron chi connectivity index (χ3n) is 10.3. The van der Waals surface area contributed by atoms with Gasteiger partial charge in [0.15, 0.2) is 0 Å². The maximum atomic E-state index is 13.3. The second-order valence-corrected chi connectivity index (χ2v) is 13.5. The van der Waals surface area contributed by atoms with Crippen LogP contribution in [0, 0.1) is 18.3 Å². The number of carbonyl (C=O) groups is 1. The highest BCUT2D eigenvalue weighted by Gasteiger charge is 2.34. The van der Waals surface area contributed by atoms with E-state index in [1.165, 1.54) is 28.4 Å². The third kappa shape index (κ3) is 7.13. The van der Waals surface area contributed by atoms with E-state index >= 15 is 0 Å². The van der Waals surface area contributed by atoms with Gasteiger partial charge in [-0.05, 0) is 68.8 Å². The lowest BCUT2D eigenvalue weighted by Gasteiger charge is -2.41. The van der Waals surface area contributed by atoms with E-state index in [0.717, 1.165) is 55.0 Å². The number of likely N-dealkylation sites (N-methyl/N-ethyl adjacent to an activating group) is 1. The first-order valence-corrected chi connectivity index (χ1v) is 17.5. The van der Waals surface area contributed by atoms with E-state index in [4.69, 9.17) is 19.4 Å².